The maximum atomic E-state index is 11.5. The molecule has 11 heteroatoms. The van der Waals surface area contributed by atoms with Crippen molar-refractivity contribution in [2.75, 3.05) is 40.9 Å². The van der Waals surface area contributed by atoms with Crippen LogP contribution in [0.25, 0.3) is 0 Å². The Morgan fingerprint density at radius 2 is 1.77 bits per heavy atom. The number of rotatable bonds is 11. The van der Waals surface area contributed by atoms with Crippen LogP contribution in [0.5, 0.6) is 0 Å². The van der Waals surface area contributed by atoms with E-state index in [0.29, 0.717) is 23.9 Å². The van der Waals surface area contributed by atoms with E-state index >= 15 is 0 Å². The Morgan fingerprint density at radius 1 is 1.23 bits per heavy atom. The molecule has 0 saturated heterocycles. The smallest absolute Gasteiger partial charge is 0.499 e. The summed E-state index contributed by atoms with van der Waals surface area (Å²) in [6.07, 6.45) is 1.18. The van der Waals surface area contributed by atoms with Crippen LogP contribution in [0, 0.1) is 0 Å². The molecule has 136 valence electrons. The second-order valence-corrected chi connectivity index (χ2v) is 8.55. The second-order valence-electron chi connectivity index (χ2n) is 6.36. The first-order valence-corrected chi connectivity index (χ1v) is 8.74. The van der Waals surface area contributed by atoms with Gasteiger partial charge in [0.2, 0.25) is 0 Å². The van der Waals surface area contributed by atoms with Crippen molar-refractivity contribution in [2.24, 2.45) is 0 Å². The average molecular weight is 404 g/mol. The van der Waals surface area contributed by atoms with E-state index in [0.717, 1.165) is 3.94 Å². The zero-order valence-electron chi connectivity index (χ0n) is 13.6. The van der Waals surface area contributed by atoms with E-state index in [1.165, 1.54) is 0 Å². The van der Waals surface area contributed by atoms with Gasteiger partial charge in [0.05, 0.1) is 27.7 Å². The van der Waals surface area contributed by atoms with Crippen LogP contribution >= 0.6 is 31.4 Å². The van der Waals surface area contributed by atoms with Gasteiger partial charge in [-0.15, -0.1) is 8.61 Å². The van der Waals surface area contributed by atoms with Crippen molar-refractivity contribution in [3.63, 3.8) is 0 Å². The summed E-state index contributed by atoms with van der Waals surface area (Å²) in [5.41, 5.74) is -0.420. The monoisotopic (exact) mass is 402 g/mol. The molecular formula is C11H26Cl3N2O5P. The summed E-state index contributed by atoms with van der Waals surface area (Å²) in [5.74, 6) is 0. The first-order chi connectivity index (χ1) is 9.36. The van der Waals surface area contributed by atoms with E-state index in [2.05, 4.69) is 4.67 Å². The van der Waals surface area contributed by atoms with Crippen LogP contribution in [-0.2, 0) is 18.7 Å². The summed E-state index contributed by atoms with van der Waals surface area (Å²) >= 11 is 11.3. The first kappa shape index (κ1) is 25.1. The van der Waals surface area contributed by atoms with Gasteiger partial charge in [0.15, 0.2) is 0 Å². The van der Waals surface area contributed by atoms with Crippen molar-refractivity contribution in [1.82, 2.24) is 3.94 Å². The standard InChI is InChI=1S/C11H25Cl2N2O5P.ClH/c1-11(2,14(12)13)7-6-9-18-20-21(16,17)19-10-8-15(3,4)5;/h6-10H2,1-5H3;1H. The quantitative estimate of drug-likeness (QED) is 0.130. The molecule has 0 radical (unpaired) electrons. The van der Waals surface area contributed by atoms with Gasteiger partial charge in [-0.05, 0) is 50.2 Å². The Labute approximate surface area is 149 Å². The third kappa shape index (κ3) is 13.3. The van der Waals surface area contributed by atoms with E-state index in [1.807, 2.05) is 35.0 Å². The van der Waals surface area contributed by atoms with Gasteiger partial charge >= 0.3 is 7.82 Å². The summed E-state index contributed by atoms with van der Waals surface area (Å²) in [4.78, 5) is 14.1. The van der Waals surface area contributed by atoms with Gasteiger partial charge in [0.1, 0.15) is 13.2 Å². The fraction of sp³-hybridized carbons (Fsp3) is 1.00. The number of phosphoric ester groups is 1. The van der Waals surface area contributed by atoms with Crippen LogP contribution in [0.15, 0.2) is 0 Å². The maximum absolute atomic E-state index is 11.5. The molecule has 0 saturated carbocycles. The number of likely N-dealkylation sites (N-methyl/N-ethyl adjacent to an activating group) is 1. The lowest BCUT2D eigenvalue weighted by molar-refractivity contribution is -0.870. The number of phosphoric acid groups is 1. The molecule has 0 aliphatic rings. The Balaban J connectivity index is 0. The maximum Gasteiger partial charge on any atom is 0.499 e. The van der Waals surface area contributed by atoms with Gasteiger partial charge in [-0.3, -0.25) is 4.52 Å². The first-order valence-electron chi connectivity index (χ1n) is 6.56. The Bertz CT molecular complexity index is 353. The topological polar surface area (TPSA) is 68.2 Å². The highest BCUT2D eigenvalue weighted by Gasteiger charge is 2.26. The summed E-state index contributed by atoms with van der Waals surface area (Å²) in [7, 11) is 1.67. The Hall–Kier alpha value is 0.860. The highest BCUT2D eigenvalue weighted by Crippen LogP contribution is 2.43. The van der Waals surface area contributed by atoms with Crippen molar-refractivity contribution < 1.29 is 40.4 Å². The lowest BCUT2D eigenvalue weighted by Crippen LogP contribution is -3.00. The van der Waals surface area contributed by atoms with Gasteiger partial charge in [-0.2, -0.15) is 0 Å². The molecule has 0 heterocycles. The SMILES string of the molecule is CC(C)(CCCOOP(=O)(O)OCC[N+](C)(C)C)N(Cl)Cl.[Cl-]. The molecule has 0 bridgehead atoms. The van der Waals surface area contributed by atoms with Crippen LogP contribution < -0.4 is 12.4 Å². The van der Waals surface area contributed by atoms with E-state index in [1.54, 1.807) is 0 Å². The van der Waals surface area contributed by atoms with Crippen LogP contribution in [0.4, 0.5) is 0 Å². The molecule has 1 N–H and O–H groups in total. The molecular weight excluding hydrogens is 377 g/mol. The molecule has 0 aromatic heterocycles. The Kier molecular flexibility index (Phi) is 12.2. The van der Waals surface area contributed by atoms with Crippen molar-refractivity contribution in [3.8, 4) is 0 Å². The van der Waals surface area contributed by atoms with Gasteiger partial charge in [0, 0.05) is 5.54 Å². The number of hydrogen-bond donors (Lipinski definition) is 1. The second kappa shape index (κ2) is 10.7. The minimum Gasteiger partial charge on any atom is -1.00 e. The van der Waals surface area contributed by atoms with Gasteiger partial charge in [-0.1, -0.05) is 0 Å². The van der Waals surface area contributed by atoms with Gasteiger partial charge in [0.25, 0.3) is 0 Å². The summed E-state index contributed by atoms with van der Waals surface area (Å²) in [6, 6.07) is 0. The Morgan fingerprint density at radius 3 is 2.23 bits per heavy atom. The zero-order valence-corrected chi connectivity index (χ0v) is 16.8. The molecule has 7 nitrogen and oxygen atoms in total. The predicted octanol–water partition coefficient (Wildman–Crippen LogP) is -0.0698. The van der Waals surface area contributed by atoms with Crippen LogP contribution in [-0.4, -0.2) is 59.8 Å². The number of quaternary nitrogens is 1. The minimum absolute atomic E-state index is 0. The van der Waals surface area contributed by atoms with Crippen molar-refractivity contribution in [2.45, 2.75) is 32.2 Å². The normalized spacial score (nSPS) is 15.5. The third-order valence-electron chi connectivity index (χ3n) is 2.64. The van der Waals surface area contributed by atoms with E-state index in [-0.39, 0.29) is 25.6 Å². The third-order valence-corrected chi connectivity index (χ3v) is 4.36. The molecule has 1 unspecified atom stereocenters. The highest BCUT2D eigenvalue weighted by atomic mass is 35.5. The lowest BCUT2D eigenvalue weighted by atomic mass is 10.0. The molecule has 0 aromatic carbocycles. The fourth-order valence-electron chi connectivity index (χ4n) is 1.20. The van der Waals surface area contributed by atoms with Crippen LogP contribution in [0.1, 0.15) is 26.7 Å². The predicted molar refractivity (Wildman–Crippen MR) is 82.6 cm³/mol. The molecule has 0 spiro atoms. The van der Waals surface area contributed by atoms with Crippen LogP contribution in [0.3, 0.4) is 0 Å². The van der Waals surface area contributed by atoms with Gasteiger partial charge in [-0.25, -0.2) is 9.45 Å². The summed E-state index contributed by atoms with van der Waals surface area (Å²) in [6.45, 7) is 4.52. The lowest BCUT2D eigenvalue weighted by Gasteiger charge is -2.27. The van der Waals surface area contributed by atoms with Crippen LogP contribution in [0.2, 0.25) is 0 Å². The minimum atomic E-state index is -4.17. The summed E-state index contributed by atoms with van der Waals surface area (Å²) in [5, 5.41) is 0. The largest absolute Gasteiger partial charge is 1.00 e. The molecule has 0 amide bonds. The van der Waals surface area contributed by atoms with Gasteiger partial charge < -0.3 is 21.8 Å². The summed E-state index contributed by atoms with van der Waals surface area (Å²) < 4.78 is 22.4. The number of hydrogen-bond acceptors (Lipinski definition) is 5. The van der Waals surface area contributed by atoms with E-state index in [4.69, 9.17) is 33.0 Å². The highest BCUT2D eigenvalue weighted by molar-refractivity contribution is 7.47. The van der Waals surface area contributed by atoms with Crippen molar-refractivity contribution in [1.29, 1.82) is 0 Å². The molecule has 0 aliphatic heterocycles. The fourth-order valence-corrected chi connectivity index (χ4v) is 1.94. The van der Waals surface area contributed by atoms with Crippen molar-refractivity contribution in [3.05, 3.63) is 0 Å². The van der Waals surface area contributed by atoms with E-state index in [9.17, 15) is 9.46 Å². The molecule has 0 fully saturated rings. The molecule has 0 aromatic rings. The number of halogens is 3. The molecule has 0 aliphatic carbocycles. The zero-order chi connectivity index (χ0) is 16.7. The van der Waals surface area contributed by atoms with Crippen molar-refractivity contribution >= 4 is 31.4 Å². The van der Waals surface area contributed by atoms with E-state index < -0.39 is 13.4 Å². The molecule has 0 rings (SSSR count). The average Bonchev–Trinajstić information content (AvgIpc) is 2.25. The number of nitrogens with zero attached hydrogens (tertiary/aromatic N) is 2. The molecule has 22 heavy (non-hydrogen) atoms. The molecule has 1 atom stereocenters.